The molecule has 1 aromatic heterocycles. The fourth-order valence-corrected chi connectivity index (χ4v) is 7.85. The molecular formula is C27H33FN2O4. The Kier molecular flexibility index (Phi) is 5.19. The number of aromatic nitrogens is 1. The molecule has 3 N–H and O–H groups in total. The summed E-state index contributed by atoms with van der Waals surface area (Å²) in [4.78, 5) is 29.5. The van der Waals surface area contributed by atoms with E-state index in [1.54, 1.807) is 31.5 Å². The summed E-state index contributed by atoms with van der Waals surface area (Å²) in [5, 5.41) is 26.2. The number of halogens is 1. The largest absolute Gasteiger partial charge is 0.390 e. The van der Waals surface area contributed by atoms with Crippen LogP contribution in [0.15, 0.2) is 48.3 Å². The fourth-order valence-electron chi connectivity index (χ4n) is 7.85. The van der Waals surface area contributed by atoms with Gasteiger partial charge in [-0.15, -0.1) is 0 Å². The van der Waals surface area contributed by atoms with Crippen LogP contribution in [-0.4, -0.2) is 44.3 Å². The number of carbonyl (C=O) groups is 2. The first kappa shape index (κ1) is 23.4. The number of fused-ring (bicyclic) bond motifs is 5. The van der Waals surface area contributed by atoms with Crippen molar-refractivity contribution in [2.75, 3.05) is 0 Å². The molecule has 0 bridgehead atoms. The van der Waals surface area contributed by atoms with E-state index < -0.39 is 45.9 Å². The summed E-state index contributed by atoms with van der Waals surface area (Å²) >= 11 is 0. The molecule has 4 aliphatic rings. The van der Waals surface area contributed by atoms with Gasteiger partial charge < -0.3 is 15.5 Å². The summed E-state index contributed by atoms with van der Waals surface area (Å²) < 4.78 is 17.2. The van der Waals surface area contributed by atoms with Crippen molar-refractivity contribution in [1.29, 1.82) is 0 Å². The first-order valence-electron chi connectivity index (χ1n) is 12.2. The van der Waals surface area contributed by atoms with Gasteiger partial charge >= 0.3 is 0 Å². The number of rotatable bonds is 3. The molecule has 0 unspecified atom stereocenters. The van der Waals surface area contributed by atoms with Gasteiger partial charge in [0.15, 0.2) is 17.1 Å². The van der Waals surface area contributed by atoms with E-state index in [-0.39, 0.29) is 24.7 Å². The molecule has 0 aliphatic heterocycles. The zero-order valence-electron chi connectivity index (χ0n) is 19.9. The molecular weight excluding hydrogens is 435 g/mol. The van der Waals surface area contributed by atoms with Gasteiger partial charge in [-0.2, -0.15) is 0 Å². The van der Waals surface area contributed by atoms with E-state index in [9.17, 15) is 19.8 Å². The van der Waals surface area contributed by atoms with Crippen molar-refractivity contribution in [1.82, 2.24) is 10.3 Å². The first-order chi connectivity index (χ1) is 16.0. The van der Waals surface area contributed by atoms with Crippen LogP contribution < -0.4 is 5.32 Å². The molecule has 3 saturated carbocycles. The van der Waals surface area contributed by atoms with Gasteiger partial charge in [-0.1, -0.05) is 31.6 Å². The molecule has 1 heterocycles. The lowest BCUT2D eigenvalue weighted by Crippen LogP contribution is -2.70. The number of alkyl halides is 1. The summed E-state index contributed by atoms with van der Waals surface area (Å²) in [6.07, 6.45) is 7.94. The van der Waals surface area contributed by atoms with E-state index in [2.05, 4.69) is 10.3 Å². The molecule has 3 fully saturated rings. The molecule has 182 valence electrons. The predicted octanol–water partition coefficient (Wildman–Crippen LogP) is 3.05. The number of nitrogens with one attached hydrogen (secondary N) is 1. The van der Waals surface area contributed by atoms with Gasteiger partial charge in [0.05, 0.1) is 6.10 Å². The Hall–Kier alpha value is -2.38. The van der Waals surface area contributed by atoms with E-state index in [1.807, 2.05) is 19.9 Å². The summed E-state index contributed by atoms with van der Waals surface area (Å²) in [5.74, 6) is -1.87. The molecule has 0 saturated heterocycles. The van der Waals surface area contributed by atoms with Crippen molar-refractivity contribution in [3.05, 3.63) is 53.9 Å². The maximum absolute atomic E-state index is 17.2. The second-order valence-corrected chi connectivity index (χ2v) is 11.2. The third-order valence-electron chi connectivity index (χ3n) is 9.74. The number of pyridine rings is 1. The lowest BCUT2D eigenvalue weighted by atomic mass is 9.44. The van der Waals surface area contributed by atoms with Crippen LogP contribution in [0.4, 0.5) is 4.39 Å². The van der Waals surface area contributed by atoms with E-state index in [0.29, 0.717) is 19.3 Å². The normalized spacial score (nSPS) is 45.1. The molecule has 1 amide bonds. The second kappa shape index (κ2) is 7.56. The highest BCUT2D eigenvalue weighted by atomic mass is 19.1. The quantitative estimate of drug-likeness (QED) is 0.633. The van der Waals surface area contributed by atoms with Crippen molar-refractivity contribution in [3.8, 4) is 0 Å². The number of hydrogen-bond acceptors (Lipinski definition) is 5. The summed E-state index contributed by atoms with van der Waals surface area (Å²) in [6.45, 7) is 5.67. The molecule has 0 radical (unpaired) electrons. The van der Waals surface area contributed by atoms with E-state index in [0.717, 1.165) is 11.1 Å². The topological polar surface area (TPSA) is 99.5 Å². The third-order valence-corrected chi connectivity index (χ3v) is 9.74. The van der Waals surface area contributed by atoms with Gasteiger partial charge in [-0.25, -0.2) is 4.39 Å². The smallest absolute Gasteiger partial charge is 0.253 e. The van der Waals surface area contributed by atoms with E-state index >= 15 is 4.39 Å². The van der Waals surface area contributed by atoms with Crippen molar-refractivity contribution < 1.29 is 24.2 Å². The van der Waals surface area contributed by atoms with Gasteiger partial charge in [0, 0.05) is 35.7 Å². The van der Waals surface area contributed by atoms with Crippen molar-refractivity contribution >= 4 is 11.7 Å². The van der Waals surface area contributed by atoms with Gasteiger partial charge in [-0.05, 0) is 68.2 Å². The molecule has 7 heteroatoms. The van der Waals surface area contributed by atoms with Gasteiger partial charge in [0.2, 0.25) is 0 Å². The van der Waals surface area contributed by atoms with Crippen LogP contribution in [-0.2, 0) is 16.1 Å². The van der Waals surface area contributed by atoms with Crippen LogP contribution >= 0.6 is 0 Å². The molecule has 34 heavy (non-hydrogen) atoms. The number of nitrogens with zero attached hydrogens (tertiary/aromatic N) is 1. The van der Waals surface area contributed by atoms with Crippen molar-refractivity contribution in [2.24, 2.45) is 28.6 Å². The Morgan fingerprint density at radius 2 is 2.09 bits per heavy atom. The number of amides is 1. The van der Waals surface area contributed by atoms with Crippen LogP contribution in [0.5, 0.6) is 0 Å². The monoisotopic (exact) mass is 468 g/mol. The number of aliphatic hydroxyl groups is 2. The first-order valence-corrected chi connectivity index (χ1v) is 12.2. The van der Waals surface area contributed by atoms with Crippen LogP contribution in [0.1, 0.15) is 52.0 Å². The average Bonchev–Trinajstić information content (AvgIpc) is 3.01. The zero-order valence-corrected chi connectivity index (χ0v) is 19.9. The lowest BCUT2D eigenvalue weighted by molar-refractivity contribution is -0.219. The SMILES string of the molecule is C[C@@H]1C[C@H]2[C@@H]3CCC4=CC(=O)C=C[C@]4(C)[C@@]3(F)[C@@H](O)C[C@]2(C)[C@@]1(O)C(=O)NCc1cccnc1. The van der Waals surface area contributed by atoms with Crippen LogP contribution in [0.2, 0.25) is 0 Å². The highest BCUT2D eigenvalue weighted by Crippen LogP contribution is 2.70. The number of aliphatic hydroxyl groups excluding tert-OH is 1. The van der Waals surface area contributed by atoms with Crippen LogP contribution in [0, 0.1) is 28.6 Å². The minimum Gasteiger partial charge on any atom is -0.390 e. The van der Waals surface area contributed by atoms with Crippen LogP contribution in [0.3, 0.4) is 0 Å². The molecule has 8 atom stereocenters. The van der Waals surface area contributed by atoms with Gasteiger partial charge in [-0.3, -0.25) is 14.6 Å². The number of hydrogen-bond donors (Lipinski definition) is 3. The molecule has 0 aromatic carbocycles. The Morgan fingerprint density at radius 1 is 1.32 bits per heavy atom. The van der Waals surface area contributed by atoms with Gasteiger partial charge in [0.1, 0.15) is 0 Å². The fraction of sp³-hybridized carbons (Fsp3) is 0.593. The van der Waals surface area contributed by atoms with E-state index in [1.165, 1.54) is 12.2 Å². The standard InChI is InChI=1S/C27H33FN2O4/c1-16-11-21-20-7-6-18-12-19(31)8-9-24(18,2)26(20,28)22(32)13-25(21,3)27(16,34)23(33)30-15-17-5-4-10-29-14-17/h4-5,8-10,12,14,16,20-22,32,34H,6-7,11,13,15H2,1-3H3,(H,30,33)/t16-,20+,21+,22+,24+,25+,26+,27+/m1/s1. The maximum Gasteiger partial charge on any atom is 0.253 e. The average molecular weight is 469 g/mol. The number of allylic oxidation sites excluding steroid dienone is 4. The van der Waals surface area contributed by atoms with Crippen molar-refractivity contribution in [3.63, 3.8) is 0 Å². The molecule has 5 rings (SSSR count). The minimum atomic E-state index is -1.98. The maximum atomic E-state index is 17.2. The Labute approximate surface area is 199 Å². The second-order valence-electron chi connectivity index (χ2n) is 11.2. The number of ketones is 1. The zero-order chi connectivity index (χ0) is 24.5. The number of carbonyl (C=O) groups excluding carboxylic acids is 2. The molecule has 1 aromatic rings. The lowest BCUT2D eigenvalue weighted by Gasteiger charge is -2.62. The molecule has 4 aliphatic carbocycles. The highest BCUT2D eigenvalue weighted by Gasteiger charge is 2.75. The summed E-state index contributed by atoms with van der Waals surface area (Å²) in [7, 11) is 0. The Bertz CT molecular complexity index is 1090. The van der Waals surface area contributed by atoms with E-state index in [4.69, 9.17) is 0 Å². The highest BCUT2D eigenvalue weighted by molar-refractivity contribution is 6.01. The van der Waals surface area contributed by atoms with Crippen LogP contribution in [0.25, 0.3) is 0 Å². The Balaban J connectivity index is 1.49. The summed E-state index contributed by atoms with van der Waals surface area (Å²) in [6, 6.07) is 3.63. The van der Waals surface area contributed by atoms with Gasteiger partial charge in [0.25, 0.3) is 5.91 Å². The Morgan fingerprint density at radius 3 is 2.79 bits per heavy atom. The minimum absolute atomic E-state index is 0.0313. The molecule has 0 spiro atoms. The van der Waals surface area contributed by atoms with Crippen molar-refractivity contribution in [2.45, 2.75) is 70.4 Å². The summed E-state index contributed by atoms with van der Waals surface area (Å²) in [5.41, 5.74) is -4.26. The predicted molar refractivity (Wildman–Crippen MR) is 124 cm³/mol. The third kappa shape index (κ3) is 2.83. The molecule has 6 nitrogen and oxygen atoms in total.